The van der Waals surface area contributed by atoms with E-state index in [0.717, 1.165) is 15.6 Å². The van der Waals surface area contributed by atoms with Gasteiger partial charge in [0.25, 0.3) is 5.91 Å². The predicted molar refractivity (Wildman–Crippen MR) is 78.8 cm³/mol. The molecule has 0 fully saturated rings. The van der Waals surface area contributed by atoms with Gasteiger partial charge in [0.2, 0.25) is 0 Å². The summed E-state index contributed by atoms with van der Waals surface area (Å²) in [5.41, 5.74) is 0.672. The lowest BCUT2D eigenvalue weighted by molar-refractivity contribution is 0.102. The second kappa shape index (κ2) is 4.82. The first kappa shape index (κ1) is 11.9. The number of nitrogens with one attached hydrogen (secondary N) is 1. The number of rotatable bonds is 2. The molecule has 1 aromatic heterocycles. The highest BCUT2D eigenvalue weighted by Crippen LogP contribution is 2.21. The molecule has 0 saturated carbocycles. The Morgan fingerprint density at radius 3 is 2.74 bits per heavy atom. The van der Waals surface area contributed by atoms with E-state index in [9.17, 15) is 4.79 Å². The Morgan fingerprint density at radius 1 is 1.16 bits per heavy atom. The zero-order chi connectivity index (χ0) is 13.2. The summed E-state index contributed by atoms with van der Waals surface area (Å²) in [4.78, 5) is 17.5. The monoisotopic (exact) mass is 268 g/mol. The van der Waals surface area contributed by atoms with E-state index >= 15 is 0 Å². The number of hydrogen-bond donors (Lipinski definition) is 1. The molecule has 3 nitrogen and oxygen atoms in total. The van der Waals surface area contributed by atoms with Gasteiger partial charge in [-0.05, 0) is 23.8 Å². The first-order chi connectivity index (χ1) is 9.24. The van der Waals surface area contributed by atoms with Gasteiger partial charge in [0, 0.05) is 16.6 Å². The van der Waals surface area contributed by atoms with Crippen LogP contribution in [0.4, 0.5) is 5.13 Å². The van der Waals surface area contributed by atoms with Gasteiger partial charge >= 0.3 is 0 Å². The number of aryl methyl sites for hydroxylation is 1. The maximum Gasteiger partial charge on any atom is 0.258 e. The minimum absolute atomic E-state index is 0.119. The predicted octanol–water partition coefficient (Wildman–Crippen LogP) is 3.86. The summed E-state index contributed by atoms with van der Waals surface area (Å²) in [7, 11) is 0. The van der Waals surface area contributed by atoms with Crippen LogP contribution in [0.3, 0.4) is 0 Å². The zero-order valence-electron chi connectivity index (χ0n) is 10.4. The molecule has 0 unspecified atom stereocenters. The summed E-state index contributed by atoms with van der Waals surface area (Å²) >= 11 is 1.47. The van der Waals surface area contributed by atoms with Gasteiger partial charge in [-0.2, -0.15) is 0 Å². The number of benzene rings is 2. The van der Waals surface area contributed by atoms with Crippen LogP contribution >= 0.6 is 11.3 Å². The average molecular weight is 268 g/mol. The molecule has 0 atom stereocenters. The molecule has 3 rings (SSSR count). The van der Waals surface area contributed by atoms with E-state index in [1.54, 1.807) is 6.20 Å². The maximum absolute atomic E-state index is 12.3. The Labute approximate surface area is 114 Å². The molecule has 1 amide bonds. The van der Waals surface area contributed by atoms with Gasteiger partial charge in [0.1, 0.15) is 0 Å². The quantitative estimate of drug-likeness (QED) is 0.767. The third-order valence-electron chi connectivity index (χ3n) is 2.88. The van der Waals surface area contributed by atoms with Crippen molar-refractivity contribution in [2.45, 2.75) is 6.92 Å². The summed E-state index contributed by atoms with van der Waals surface area (Å²) in [6, 6.07) is 13.6. The molecule has 0 bridgehead atoms. The Balaban J connectivity index is 1.97. The first-order valence-corrected chi connectivity index (χ1v) is 6.77. The summed E-state index contributed by atoms with van der Waals surface area (Å²) in [5.74, 6) is -0.119. The standard InChI is InChI=1S/C15H12N2OS/c1-10-9-16-15(19-10)17-14(18)13-8-4-6-11-5-2-3-7-12(11)13/h2-9H,1H3,(H,16,17,18). The van der Waals surface area contributed by atoms with Crippen LogP contribution in [-0.2, 0) is 0 Å². The van der Waals surface area contributed by atoms with Crippen LogP contribution in [0.15, 0.2) is 48.7 Å². The number of thiazole rings is 1. The average Bonchev–Trinajstić information content (AvgIpc) is 2.83. The van der Waals surface area contributed by atoms with Crippen LogP contribution in [0.1, 0.15) is 15.2 Å². The molecule has 0 spiro atoms. The number of amides is 1. The molecule has 2 aromatic carbocycles. The van der Waals surface area contributed by atoms with Crippen molar-refractivity contribution >= 4 is 33.1 Å². The lowest BCUT2D eigenvalue weighted by atomic mass is 10.0. The van der Waals surface area contributed by atoms with E-state index in [4.69, 9.17) is 0 Å². The van der Waals surface area contributed by atoms with Gasteiger partial charge < -0.3 is 0 Å². The molecule has 1 N–H and O–H groups in total. The van der Waals surface area contributed by atoms with E-state index < -0.39 is 0 Å². The van der Waals surface area contributed by atoms with Crippen LogP contribution in [0, 0.1) is 6.92 Å². The van der Waals surface area contributed by atoms with Crippen LogP contribution in [-0.4, -0.2) is 10.9 Å². The summed E-state index contributed by atoms with van der Waals surface area (Å²) in [6.07, 6.45) is 1.75. The summed E-state index contributed by atoms with van der Waals surface area (Å²) in [6.45, 7) is 1.96. The lowest BCUT2D eigenvalue weighted by Crippen LogP contribution is -2.11. The Hall–Kier alpha value is -2.20. The van der Waals surface area contributed by atoms with Gasteiger partial charge in [-0.1, -0.05) is 36.4 Å². The molecule has 94 valence electrons. The number of aromatic nitrogens is 1. The van der Waals surface area contributed by atoms with Crippen LogP contribution in [0.5, 0.6) is 0 Å². The largest absolute Gasteiger partial charge is 0.298 e. The maximum atomic E-state index is 12.3. The Bertz CT molecular complexity index is 743. The van der Waals surface area contributed by atoms with Crippen molar-refractivity contribution in [3.63, 3.8) is 0 Å². The normalized spacial score (nSPS) is 10.6. The van der Waals surface area contributed by atoms with Gasteiger partial charge in [0.05, 0.1) is 0 Å². The fourth-order valence-corrected chi connectivity index (χ4v) is 2.66. The molecule has 19 heavy (non-hydrogen) atoms. The molecule has 0 aliphatic rings. The SMILES string of the molecule is Cc1cnc(NC(=O)c2cccc3ccccc23)s1. The molecular formula is C15H12N2OS. The van der Waals surface area contributed by atoms with Crippen molar-refractivity contribution in [1.29, 1.82) is 0 Å². The van der Waals surface area contributed by atoms with Gasteiger partial charge in [-0.15, -0.1) is 11.3 Å². The van der Waals surface area contributed by atoms with Crippen molar-refractivity contribution in [2.24, 2.45) is 0 Å². The third-order valence-corrected chi connectivity index (χ3v) is 3.70. The second-order valence-corrected chi connectivity index (χ2v) is 5.49. The van der Waals surface area contributed by atoms with Crippen molar-refractivity contribution in [2.75, 3.05) is 5.32 Å². The van der Waals surface area contributed by atoms with Crippen molar-refractivity contribution in [3.8, 4) is 0 Å². The number of hydrogen-bond acceptors (Lipinski definition) is 3. The van der Waals surface area contributed by atoms with Crippen molar-refractivity contribution in [3.05, 3.63) is 59.1 Å². The van der Waals surface area contributed by atoms with E-state index in [1.807, 2.05) is 49.4 Å². The third kappa shape index (κ3) is 2.35. The second-order valence-electron chi connectivity index (χ2n) is 4.26. The molecule has 0 radical (unpaired) electrons. The minimum atomic E-state index is -0.119. The molecule has 0 saturated heterocycles. The number of carbonyl (C=O) groups is 1. The number of nitrogens with zero attached hydrogens (tertiary/aromatic N) is 1. The van der Waals surface area contributed by atoms with Crippen molar-refractivity contribution < 1.29 is 4.79 Å². The number of carbonyl (C=O) groups excluding carboxylic acids is 1. The highest BCUT2D eigenvalue weighted by Gasteiger charge is 2.11. The number of anilines is 1. The van der Waals surface area contributed by atoms with Gasteiger partial charge in [-0.3, -0.25) is 10.1 Å². The van der Waals surface area contributed by atoms with E-state index in [-0.39, 0.29) is 5.91 Å². The first-order valence-electron chi connectivity index (χ1n) is 5.95. The molecule has 1 heterocycles. The van der Waals surface area contributed by atoms with Gasteiger partial charge in [0.15, 0.2) is 5.13 Å². The summed E-state index contributed by atoms with van der Waals surface area (Å²) < 4.78 is 0. The fourth-order valence-electron chi connectivity index (χ4n) is 2.00. The van der Waals surface area contributed by atoms with Crippen LogP contribution in [0.2, 0.25) is 0 Å². The zero-order valence-corrected chi connectivity index (χ0v) is 11.2. The lowest BCUT2D eigenvalue weighted by Gasteiger charge is -2.05. The van der Waals surface area contributed by atoms with Gasteiger partial charge in [-0.25, -0.2) is 4.98 Å². The van der Waals surface area contributed by atoms with E-state index in [1.165, 1.54) is 11.3 Å². The molecule has 4 heteroatoms. The van der Waals surface area contributed by atoms with Crippen LogP contribution in [0.25, 0.3) is 10.8 Å². The fraction of sp³-hybridized carbons (Fsp3) is 0.0667. The minimum Gasteiger partial charge on any atom is -0.298 e. The highest BCUT2D eigenvalue weighted by molar-refractivity contribution is 7.15. The molecular weight excluding hydrogens is 256 g/mol. The van der Waals surface area contributed by atoms with Crippen LogP contribution < -0.4 is 5.32 Å². The van der Waals surface area contributed by atoms with E-state index in [2.05, 4.69) is 10.3 Å². The topological polar surface area (TPSA) is 42.0 Å². The summed E-state index contributed by atoms with van der Waals surface area (Å²) in [5, 5.41) is 5.49. The highest BCUT2D eigenvalue weighted by atomic mass is 32.1. The molecule has 3 aromatic rings. The Kier molecular flexibility index (Phi) is 3.01. The van der Waals surface area contributed by atoms with Crippen molar-refractivity contribution in [1.82, 2.24) is 4.98 Å². The van der Waals surface area contributed by atoms with E-state index in [0.29, 0.717) is 10.7 Å². The smallest absolute Gasteiger partial charge is 0.258 e. The number of fused-ring (bicyclic) bond motifs is 1. The molecule has 0 aliphatic heterocycles. The molecule has 0 aliphatic carbocycles. The Morgan fingerprint density at radius 2 is 1.95 bits per heavy atom.